The molecule has 0 aliphatic rings. The molecule has 2 unspecified atom stereocenters. The van der Waals surface area contributed by atoms with Gasteiger partial charge in [0.1, 0.15) is 19.8 Å². The number of nitrogens with zero attached hydrogens (tertiary/aromatic N) is 1. The molecule has 2 atom stereocenters. The lowest BCUT2D eigenvalue weighted by atomic mass is 10.1. The lowest BCUT2D eigenvalue weighted by molar-refractivity contribution is -0.870. The molecule has 0 aliphatic heterocycles. The first-order chi connectivity index (χ1) is 32.0. The van der Waals surface area contributed by atoms with Gasteiger partial charge in [0.25, 0.3) is 7.82 Å². The van der Waals surface area contributed by atoms with E-state index in [-0.39, 0.29) is 26.1 Å². The molecule has 0 spiro atoms. The van der Waals surface area contributed by atoms with Crippen molar-refractivity contribution in [2.45, 2.75) is 200 Å². The number of hydrogen-bond donors (Lipinski definition) is 0. The van der Waals surface area contributed by atoms with Crippen LogP contribution in [0.3, 0.4) is 0 Å². The number of phosphoric acid groups is 1. The maximum absolute atomic E-state index is 12.8. The zero-order valence-corrected chi connectivity index (χ0v) is 43.5. The summed E-state index contributed by atoms with van der Waals surface area (Å²) in [6.45, 7) is 3.98. The third kappa shape index (κ3) is 50.3. The van der Waals surface area contributed by atoms with Crippen molar-refractivity contribution in [2.75, 3.05) is 47.5 Å². The lowest BCUT2D eigenvalue weighted by Gasteiger charge is -2.28. The topological polar surface area (TPSA) is 111 Å². The molecule has 66 heavy (non-hydrogen) atoms. The van der Waals surface area contributed by atoms with Crippen molar-refractivity contribution >= 4 is 19.8 Å². The van der Waals surface area contributed by atoms with Crippen molar-refractivity contribution in [1.29, 1.82) is 0 Å². The highest BCUT2D eigenvalue weighted by molar-refractivity contribution is 7.45. The molecule has 9 nitrogen and oxygen atoms in total. The normalized spacial score (nSPS) is 14.2. The van der Waals surface area contributed by atoms with E-state index < -0.39 is 32.5 Å². The summed E-state index contributed by atoms with van der Waals surface area (Å²) >= 11 is 0. The van der Waals surface area contributed by atoms with Crippen molar-refractivity contribution in [3.63, 3.8) is 0 Å². The molecule has 0 saturated heterocycles. The number of allylic oxidation sites excluding steroid dienone is 16. The van der Waals surface area contributed by atoms with Crippen molar-refractivity contribution in [1.82, 2.24) is 0 Å². The number of esters is 2. The smallest absolute Gasteiger partial charge is 0.306 e. The fourth-order valence-corrected chi connectivity index (χ4v) is 7.37. The summed E-state index contributed by atoms with van der Waals surface area (Å²) in [5.41, 5.74) is 0. The lowest BCUT2D eigenvalue weighted by Crippen LogP contribution is -2.37. The molecule has 0 aromatic carbocycles. The van der Waals surface area contributed by atoms with Crippen LogP contribution in [0.1, 0.15) is 194 Å². The molecule has 0 aliphatic carbocycles. The molecule has 378 valence electrons. The maximum atomic E-state index is 12.8. The number of phosphoric ester groups is 1. The molecule has 10 heteroatoms. The monoisotopic (exact) mass is 942 g/mol. The summed E-state index contributed by atoms with van der Waals surface area (Å²) in [4.78, 5) is 37.8. The second kappa shape index (κ2) is 47.0. The van der Waals surface area contributed by atoms with Crippen LogP contribution in [0.2, 0.25) is 0 Å². The van der Waals surface area contributed by atoms with Crippen molar-refractivity contribution in [3.05, 3.63) is 97.2 Å². The Morgan fingerprint density at radius 1 is 0.470 bits per heavy atom. The number of ether oxygens (including phenoxy) is 2. The number of rotatable bonds is 46. The van der Waals surface area contributed by atoms with E-state index in [0.717, 1.165) is 103 Å². The van der Waals surface area contributed by atoms with Crippen molar-refractivity contribution in [3.8, 4) is 0 Å². The summed E-state index contributed by atoms with van der Waals surface area (Å²) in [6, 6.07) is 0. The van der Waals surface area contributed by atoms with Gasteiger partial charge in [-0.2, -0.15) is 0 Å². The van der Waals surface area contributed by atoms with Gasteiger partial charge in [0, 0.05) is 12.8 Å². The first-order valence-corrected chi connectivity index (χ1v) is 27.4. The van der Waals surface area contributed by atoms with Crippen LogP contribution < -0.4 is 4.89 Å². The van der Waals surface area contributed by atoms with Crippen LogP contribution in [-0.2, 0) is 32.7 Å². The van der Waals surface area contributed by atoms with Gasteiger partial charge in [-0.25, -0.2) is 0 Å². The fourth-order valence-electron chi connectivity index (χ4n) is 6.64. The Hall–Kier alpha value is -3.07. The first kappa shape index (κ1) is 62.9. The molecule has 0 heterocycles. The van der Waals surface area contributed by atoms with E-state index in [2.05, 4.69) is 111 Å². The van der Waals surface area contributed by atoms with E-state index in [1.807, 2.05) is 21.1 Å². The molecular formula is C56H96NO8P. The van der Waals surface area contributed by atoms with Crippen LogP contribution in [-0.4, -0.2) is 70.0 Å². The highest BCUT2D eigenvalue weighted by Crippen LogP contribution is 2.38. The second-order valence-corrected chi connectivity index (χ2v) is 19.5. The standard InChI is InChI=1S/C56H96NO8P/c1-6-8-10-12-14-16-18-20-22-24-25-26-27-28-29-30-31-33-35-37-39-41-43-45-47-49-56(59)65-54(53-64-66(60,61)63-51-50-57(3,4)5)52-62-55(58)48-46-44-42-40-38-36-34-32-23-21-19-17-15-13-11-9-7-2/h8-11,14-17,20-23,25-26,28-29,54H,6-7,12-13,18-19,24,27,30-53H2,1-5H3/b10-8-,11-9-,16-14-,17-15-,22-20-,23-21-,26-25-,29-28-. The van der Waals surface area contributed by atoms with Crippen LogP contribution in [0.15, 0.2) is 97.2 Å². The Bertz CT molecular complexity index is 1440. The average Bonchev–Trinajstić information content (AvgIpc) is 3.27. The highest BCUT2D eigenvalue weighted by Gasteiger charge is 2.21. The van der Waals surface area contributed by atoms with Gasteiger partial charge in [-0.15, -0.1) is 0 Å². The van der Waals surface area contributed by atoms with Crippen molar-refractivity contribution in [2.24, 2.45) is 0 Å². The van der Waals surface area contributed by atoms with Gasteiger partial charge in [0.15, 0.2) is 6.10 Å². The van der Waals surface area contributed by atoms with E-state index in [1.54, 1.807) is 0 Å². The van der Waals surface area contributed by atoms with Crippen LogP contribution in [0.5, 0.6) is 0 Å². The predicted octanol–water partition coefficient (Wildman–Crippen LogP) is 15.1. The van der Waals surface area contributed by atoms with Crippen molar-refractivity contribution < 1.29 is 42.1 Å². The van der Waals surface area contributed by atoms with Gasteiger partial charge in [-0.1, -0.05) is 188 Å². The van der Waals surface area contributed by atoms with Gasteiger partial charge in [0.2, 0.25) is 0 Å². The Kier molecular flexibility index (Phi) is 44.8. The number of likely N-dealkylation sites (N-methyl/N-ethyl adjacent to an activating group) is 1. The van der Waals surface area contributed by atoms with E-state index >= 15 is 0 Å². The number of carbonyl (C=O) groups is 2. The summed E-state index contributed by atoms with van der Waals surface area (Å²) in [5, 5.41) is 0. The molecule has 0 fully saturated rings. The number of carbonyl (C=O) groups excluding carboxylic acids is 2. The Labute approximate surface area is 404 Å². The van der Waals surface area contributed by atoms with Gasteiger partial charge in [-0.05, 0) is 89.9 Å². The summed E-state index contributed by atoms with van der Waals surface area (Å²) in [7, 11) is 1.14. The van der Waals surface area contributed by atoms with E-state index in [1.165, 1.54) is 51.4 Å². The third-order valence-electron chi connectivity index (χ3n) is 10.6. The number of hydrogen-bond acceptors (Lipinski definition) is 8. The molecule has 0 N–H and O–H groups in total. The fraction of sp³-hybridized carbons (Fsp3) is 0.679. The quantitative estimate of drug-likeness (QED) is 0.0195. The maximum Gasteiger partial charge on any atom is 0.306 e. The van der Waals surface area contributed by atoms with Crippen LogP contribution in [0.4, 0.5) is 0 Å². The Balaban J connectivity index is 4.27. The SMILES string of the molecule is CC/C=C\C/C=C\C/C=C\C/C=C\C/C=C\CCCCCCCCCCCC(=O)OC(COC(=O)CCCCCCCCC/C=C\C/C=C\C/C=C\CC)COP(=O)([O-])OCC[N+](C)(C)C. The van der Waals surface area contributed by atoms with Crippen LogP contribution >= 0.6 is 7.82 Å². The predicted molar refractivity (Wildman–Crippen MR) is 277 cm³/mol. The van der Waals surface area contributed by atoms with Gasteiger partial charge < -0.3 is 27.9 Å². The van der Waals surface area contributed by atoms with Gasteiger partial charge in [-0.3, -0.25) is 14.2 Å². The molecule has 0 radical (unpaired) electrons. The summed E-state index contributed by atoms with van der Waals surface area (Å²) in [6.07, 6.45) is 62.9. The summed E-state index contributed by atoms with van der Waals surface area (Å²) in [5.74, 6) is -0.858. The molecular weight excluding hydrogens is 846 g/mol. The second-order valence-electron chi connectivity index (χ2n) is 18.1. The molecule has 0 rings (SSSR count). The van der Waals surface area contributed by atoms with Crippen LogP contribution in [0, 0.1) is 0 Å². The minimum absolute atomic E-state index is 0.0390. The van der Waals surface area contributed by atoms with Crippen LogP contribution in [0.25, 0.3) is 0 Å². The van der Waals surface area contributed by atoms with E-state index in [0.29, 0.717) is 23.9 Å². The largest absolute Gasteiger partial charge is 0.756 e. The molecule has 0 bridgehead atoms. The van der Waals surface area contributed by atoms with Gasteiger partial charge in [0.05, 0.1) is 27.7 Å². The van der Waals surface area contributed by atoms with E-state index in [4.69, 9.17) is 18.5 Å². The number of quaternary nitrogens is 1. The van der Waals surface area contributed by atoms with Gasteiger partial charge >= 0.3 is 11.9 Å². The Morgan fingerprint density at radius 3 is 1.21 bits per heavy atom. The zero-order chi connectivity index (χ0) is 48.5. The minimum atomic E-state index is -4.64. The molecule has 0 aromatic heterocycles. The number of unbranched alkanes of at least 4 members (excludes halogenated alkanes) is 16. The van der Waals surface area contributed by atoms with E-state index in [9.17, 15) is 19.0 Å². The third-order valence-corrected chi connectivity index (χ3v) is 11.6. The Morgan fingerprint density at radius 2 is 0.818 bits per heavy atom. The molecule has 0 amide bonds. The molecule has 0 saturated carbocycles. The first-order valence-electron chi connectivity index (χ1n) is 25.9. The average molecular weight is 942 g/mol. The minimum Gasteiger partial charge on any atom is -0.756 e. The highest BCUT2D eigenvalue weighted by atomic mass is 31.2. The zero-order valence-electron chi connectivity index (χ0n) is 42.6. The summed E-state index contributed by atoms with van der Waals surface area (Å²) < 4.78 is 34.0. The molecule has 0 aromatic rings.